The van der Waals surface area contributed by atoms with E-state index in [1.165, 1.54) is 12.0 Å². The van der Waals surface area contributed by atoms with E-state index in [0.29, 0.717) is 6.54 Å². The summed E-state index contributed by atoms with van der Waals surface area (Å²) in [6.45, 7) is 0.629. The zero-order chi connectivity index (χ0) is 14.5. The third kappa shape index (κ3) is 3.15. The number of rotatable bonds is 4. The lowest BCUT2D eigenvalue weighted by Gasteiger charge is -2.33. The summed E-state index contributed by atoms with van der Waals surface area (Å²) in [5.41, 5.74) is 0.748. The average molecular weight is 279 g/mol. The molecule has 0 saturated carbocycles. The Labute approximate surface area is 116 Å². The Morgan fingerprint density at radius 1 is 1.40 bits per heavy atom. The maximum absolute atomic E-state index is 12.5. The molecule has 1 fully saturated rings. The number of hydrogen-bond acceptors (Lipinski definition) is 4. The molecule has 0 bridgehead atoms. The predicted octanol–water partition coefficient (Wildman–Crippen LogP) is 0.686. The van der Waals surface area contributed by atoms with Crippen molar-refractivity contribution in [2.24, 2.45) is 0 Å². The second-order valence-electron chi connectivity index (χ2n) is 4.51. The van der Waals surface area contributed by atoms with Gasteiger partial charge in [-0.05, 0) is 5.56 Å². The fourth-order valence-electron chi connectivity index (χ4n) is 2.17. The number of carbonyl (C=O) groups excluding carboxylic acids is 1. The molecule has 1 heterocycles. The Hall–Kier alpha value is -1.92. The van der Waals surface area contributed by atoms with Crippen LogP contribution in [0.5, 0.6) is 0 Å². The minimum absolute atomic E-state index is 0.0425. The molecule has 1 saturated heterocycles. The van der Waals surface area contributed by atoms with Gasteiger partial charge in [0.15, 0.2) is 12.2 Å². The SMILES string of the molecule is CO[C@@H](C(=O)N1CCO[C@@H](C(=O)O)C1)c1ccccc1. The Morgan fingerprint density at radius 2 is 2.10 bits per heavy atom. The predicted molar refractivity (Wildman–Crippen MR) is 70.1 cm³/mol. The van der Waals surface area contributed by atoms with Gasteiger partial charge in [0.05, 0.1) is 13.2 Å². The maximum atomic E-state index is 12.5. The molecule has 2 rings (SSSR count). The number of benzene rings is 1. The molecule has 0 aromatic heterocycles. The highest BCUT2D eigenvalue weighted by molar-refractivity contribution is 5.83. The van der Waals surface area contributed by atoms with Gasteiger partial charge in [0, 0.05) is 13.7 Å². The Bertz CT molecular complexity index is 476. The number of carboxylic acids is 1. The summed E-state index contributed by atoms with van der Waals surface area (Å²) < 4.78 is 10.4. The van der Waals surface area contributed by atoms with Crippen molar-refractivity contribution in [1.29, 1.82) is 0 Å². The Kier molecular flexibility index (Phi) is 4.70. The van der Waals surface area contributed by atoms with E-state index in [1.807, 2.05) is 18.2 Å². The minimum atomic E-state index is -1.06. The van der Waals surface area contributed by atoms with Crippen LogP contribution in [0.25, 0.3) is 0 Å². The van der Waals surface area contributed by atoms with Crippen LogP contribution in [0.1, 0.15) is 11.7 Å². The lowest BCUT2D eigenvalue weighted by Crippen LogP contribution is -2.50. The van der Waals surface area contributed by atoms with E-state index < -0.39 is 18.2 Å². The van der Waals surface area contributed by atoms with Crippen LogP contribution >= 0.6 is 0 Å². The van der Waals surface area contributed by atoms with Crippen LogP contribution in [0.4, 0.5) is 0 Å². The minimum Gasteiger partial charge on any atom is -0.479 e. The van der Waals surface area contributed by atoms with E-state index in [4.69, 9.17) is 14.6 Å². The zero-order valence-electron chi connectivity index (χ0n) is 11.2. The van der Waals surface area contributed by atoms with Gasteiger partial charge < -0.3 is 19.5 Å². The average Bonchev–Trinajstić information content (AvgIpc) is 2.49. The van der Waals surface area contributed by atoms with Crippen molar-refractivity contribution in [2.45, 2.75) is 12.2 Å². The van der Waals surface area contributed by atoms with Crippen LogP contribution in [0.15, 0.2) is 30.3 Å². The Morgan fingerprint density at radius 3 is 2.70 bits per heavy atom. The fourth-order valence-corrected chi connectivity index (χ4v) is 2.17. The lowest BCUT2D eigenvalue weighted by atomic mass is 10.1. The van der Waals surface area contributed by atoms with Gasteiger partial charge in [0.25, 0.3) is 5.91 Å². The zero-order valence-corrected chi connectivity index (χ0v) is 11.2. The quantitative estimate of drug-likeness (QED) is 0.877. The second kappa shape index (κ2) is 6.49. The first-order valence-electron chi connectivity index (χ1n) is 6.34. The van der Waals surface area contributed by atoms with Crippen LogP contribution in [0, 0.1) is 0 Å². The van der Waals surface area contributed by atoms with Crippen molar-refractivity contribution in [2.75, 3.05) is 26.8 Å². The fraction of sp³-hybridized carbons (Fsp3) is 0.429. The highest BCUT2D eigenvalue weighted by Crippen LogP contribution is 2.20. The Balaban J connectivity index is 2.11. The molecule has 2 atom stereocenters. The summed E-state index contributed by atoms with van der Waals surface area (Å²) in [4.78, 5) is 24.9. The number of amides is 1. The number of hydrogen-bond donors (Lipinski definition) is 1. The number of methoxy groups -OCH3 is 1. The van der Waals surface area contributed by atoms with Crippen LogP contribution in [-0.4, -0.2) is 54.8 Å². The molecule has 1 N–H and O–H groups in total. The topological polar surface area (TPSA) is 76.1 Å². The number of aliphatic carboxylic acids is 1. The van der Waals surface area contributed by atoms with Crippen molar-refractivity contribution < 1.29 is 24.2 Å². The summed E-state index contributed by atoms with van der Waals surface area (Å²) in [5, 5.41) is 8.96. The molecule has 6 nitrogen and oxygen atoms in total. The van der Waals surface area contributed by atoms with Gasteiger partial charge in [-0.2, -0.15) is 0 Å². The summed E-state index contributed by atoms with van der Waals surface area (Å²) in [6, 6.07) is 9.13. The monoisotopic (exact) mass is 279 g/mol. The maximum Gasteiger partial charge on any atom is 0.334 e. The van der Waals surface area contributed by atoms with Crippen LogP contribution in [-0.2, 0) is 19.1 Å². The molecule has 1 aliphatic rings. The third-order valence-corrected chi connectivity index (χ3v) is 3.22. The van der Waals surface area contributed by atoms with E-state index in [1.54, 1.807) is 12.1 Å². The molecular weight excluding hydrogens is 262 g/mol. The van der Waals surface area contributed by atoms with Crippen LogP contribution in [0.2, 0.25) is 0 Å². The molecule has 0 spiro atoms. The molecular formula is C14H17NO5. The van der Waals surface area contributed by atoms with Gasteiger partial charge in [-0.25, -0.2) is 4.79 Å². The van der Waals surface area contributed by atoms with Crippen molar-refractivity contribution >= 4 is 11.9 Å². The summed E-state index contributed by atoms with van der Waals surface area (Å²) >= 11 is 0. The first kappa shape index (κ1) is 14.5. The summed E-state index contributed by atoms with van der Waals surface area (Å²) in [6.07, 6.45) is -1.69. The normalized spacial score (nSPS) is 20.4. The van der Waals surface area contributed by atoms with E-state index in [-0.39, 0.29) is 19.1 Å². The van der Waals surface area contributed by atoms with Gasteiger partial charge >= 0.3 is 5.97 Å². The molecule has 1 aliphatic heterocycles. The lowest BCUT2D eigenvalue weighted by molar-refractivity contribution is -0.162. The number of nitrogens with zero attached hydrogens (tertiary/aromatic N) is 1. The second-order valence-corrected chi connectivity index (χ2v) is 4.51. The summed E-state index contributed by atoms with van der Waals surface area (Å²) in [5.74, 6) is -1.30. The number of carboxylic acid groups (broad SMARTS) is 1. The van der Waals surface area contributed by atoms with Crippen molar-refractivity contribution in [3.05, 3.63) is 35.9 Å². The highest BCUT2D eigenvalue weighted by Gasteiger charge is 2.33. The third-order valence-electron chi connectivity index (χ3n) is 3.22. The van der Waals surface area contributed by atoms with E-state index in [2.05, 4.69) is 0 Å². The van der Waals surface area contributed by atoms with Gasteiger partial charge in [0.2, 0.25) is 0 Å². The smallest absolute Gasteiger partial charge is 0.334 e. The van der Waals surface area contributed by atoms with Crippen LogP contribution in [0.3, 0.4) is 0 Å². The standard InChI is InChI=1S/C14H17NO5/c1-19-12(10-5-3-2-4-6-10)13(16)15-7-8-20-11(9-15)14(17)18/h2-6,11-12H,7-9H2,1H3,(H,17,18)/t11-,12-/m1/s1. The molecule has 6 heteroatoms. The molecule has 1 aromatic carbocycles. The highest BCUT2D eigenvalue weighted by atomic mass is 16.5. The first-order chi connectivity index (χ1) is 9.63. The largest absolute Gasteiger partial charge is 0.479 e. The molecule has 0 radical (unpaired) electrons. The number of morpholine rings is 1. The molecule has 108 valence electrons. The van der Waals surface area contributed by atoms with Crippen molar-refractivity contribution in [3.63, 3.8) is 0 Å². The van der Waals surface area contributed by atoms with Crippen LogP contribution < -0.4 is 0 Å². The van der Waals surface area contributed by atoms with Gasteiger partial charge in [-0.1, -0.05) is 30.3 Å². The molecule has 1 amide bonds. The molecule has 1 aromatic rings. The molecule has 0 unspecified atom stereocenters. The first-order valence-corrected chi connectivity index (χ1v) is 6.34. The number of ether oxygens (including phenoxy) is 2. The van der Waals surface area contributed by atoms with E-state index in [0.717, 1.165) is 5.56 Å². The van der Waals surface area contributed by atoms with Crippen molar-refractivity contribution in [3.8, 4) is 0 Å². The number of carbonyl (C=O) groups is 2. The van der Waals surface area contributed by atoms with Crippen molar-refractivity contribution in [1.82, 2.24) is 4.90 Å². The van der Waals surface area contributed by atoms with Gasteiger partial charge in [-0.15, -0.1) is 0 Å². The van der Waals surface area contributed by atoms with E-state index in [9.17, 15) is 9.59 Å². The van der Waals surface area contributed by atoms with Gasteiger partial charge in [-0.3, -0.25) is 4.79 Å². The summed E-state index contributed by atoms with van der Waals surface area (Å²) in [7, 11) is 1.46. The molecule has 20 heavy (non-hydrogen) atoms. The van der Waals surface area contributed by atoms with E-state index >= 15 is 0 Å². The van der Waals surface area contributed by atoms with Gasteiger partial charge in [0.1, 0.15) is 0 Å². The molecule has 0 aliphatic carbocycles.